The van der Waals surface area contributed by atoms with Gasteiger partial charge in [-0.3, -0.25) is 9.59 Å². The van der Waals surface area contributed by atoms with Crippen LogP contribution in [0.4, 0.5) is 0 Å². The average Bonchev–Trinajstić information content (AvgIpc) is 3.40. The molecule has 1 aliphatic carbocycles. The topological polar surface area (TPSA) is 52.0 Å². The highest BCUT2D eigenvalue weighted by Gasteiger charge is 2.33. The molecule has 6 rings (SSSR count). The molecular formula is C29H18N2O2. The number of Topliss-reactive ketones (excluding diaryl/α,β-unsaturated/α-hetero) is 2. The van der Waals surface area contributed by atoms with E-state index in [4.69, 9.17) is 5.10 Å². The van der Waals surface area contributed by atoms with Gasteiger partial charge in [-0.25, -0.2) is 4.68 Å². The van der Waals surface area contributed by atoms with Crippen molar-refractivity contribution >= 4 is 28.4 Å². The molecule has 1 heterocycles. The van der Waals surface area contributed by atoms with E-state index in [9.17, 15) is 9.59 Å². The van der Waals surface area contributed by atoms with Gasteiger partial charge in [-0.1, -0.05) is 78.9 Å². The summed E-state index contributed by atoms with van der Waals surface area (Å²) < 4.78 is 1.79. The van der Waals surface area contributed by atoms with Crippen LogP contribution in [0.2, 0.25) is 0 Å². The summed E-state index contributed by atoms with van der Waals surface area (Å²) in [4.78, 5) is 26.0. The molecule has 0 N–H and O–H groups in total. The highest BCUT2D eigenvalue weighted by atomic mass is 16.2. The van der Waals surface area contributed by atoms with Crippen LogP contribution in [0.5, 0.6) is 0 Å². The summed E-state index contributed by atoms with van der Waals surface area (Å²) in [5, 5.41) is 7.09. The van der Waals surface area contributed by atoms with E-state index in [-0.39, 0.29) is 17.1 Å². The highest BCUT2D eigenvalue weighted by molar-refractivity contribution is 6.41. The van der Waals surface area contributed by atoms with Crippen LogP contribution in [-0.2, 0) is 0 Å². The first-order chi connectivity index (χ1) is 16.2. The Morgan fingerprint density at radius 1 is 0.667 bits per heavy atom. The van der Waals surface area contributed by atoms with Crippen molar-refractivity contribution in [2.45, 2.75) is 0 Å². The predicted molar refractivity (Wildman–Crippen MR) is 130 cm³/mol. The predicted octanol–water partition coefficient (Wildman–Crippen LogP) is 6.16. The molecule has 4 heteroatoms. The molecule has 4 aromatic carbocycles. The van der Waals surface area contributed by atoms with Crippen LogP contribution in [0, 0.1) is 0 Å². The standard InChI is InChI=1S/C29H18N2O2/c32-28-24-12-6-7-13-25(24)29(33)26(28)17-22-18-31(23-10-2-1-3-11-23)30-27(22)21-15-14-19-8-4-5-9-20(19)16-21/h1-18H. The molecule has 33 heavy (non-hydrogen) atoms. The second-order valence-corrected chi connectivity index (χ2v) is 8.04. The van der Waals surface area contributed by atoms with Gasteiger partial charge in [-0.05, 0) is 35.0 Å². The van der Waals surface area contributed by atoms with Crippen molar-refractivity contribution in [1.82, 2.24) is 9.78 Å². The summed E-state index contributed by atoms with van der Waals surface area (Å²) in [6.07, 6.45) is 3.55. The molecular weight excluding hydrogens is 408 g/mol. The molecule has 156 valence electrons. The molecule has 1 aliphatic rings. The number of carbonyl (C=O) groups excluding carboxylic acids is 2. The quantitative estimate of drug-likeness (QED) is 0.257. The van der Waals surface area contributed by atoms with E-state index in [1.54, 1.807) is 35.0 Å². The highest BCUT2D eigenvalue weighted by Crippen LogP contribution is 2.32. The summed E-state index contributed by atoms with van der Waals surface area (Å²) in [6, 6.07) is 31.1. The second-order valence-electron chi connectivity index (χ2n) is 8.04. The number of hydrogen-bond acceptors (Lipinski definition) is 3. The number of para-hydroxylation sites is 1. The van der Waals surface area contributed by atoms with Gasteiger partial charge in [0.15, 0.2) is 11.6 Å². The van der Waals surface area contributed by atoms with Crippen molar-refractivity contribution in [3.8, 4) is 16.9 Å². The first-order valence-corrected chi connectivity index (χ1v) is 10.7. The molecule has 0 saturated heterocycles. The Labute approximate surface area is 190 Å². The van der Waals surface area contributed by atoms with Gasteiger partial charge in [-0.15, -0.1) is 0 Å². The van der Waals surface area contributed by atoms with E-state index in [1.807, 2.05) is 54.7 Å². The van der Waals surface area contributed by atoms with Crippen molar-refractivity contribution in [2.24, 2.45) is 0 Å². The summed E-state index contributed by atoms with van der Waals surface area (Å²) >= 11 is 0. The van der Waals surface area contributed by atoms with Gasteiger partial charge in [0.05, 0.1) is 17.0 Å². The molecule has 0 bridgehead atoms. The summed E-state index contributed by atoms with van der Waals surface area (Å²) in [7, 11) is 0. The molecule has 0 unspecified atom stereocenters. The molecule has 0 aliphatic heterocycles. The number of allylic oxidation sites excluding steroid dienone is 1. The number of carbonyl (C=O) groups is 2. The first-order valence-electron chi connectivity index (χ1n) is 10.7. The van der Waals surface area contributed by atoms with Crippen LogP contribution >= 0.6 is 0 Å². The largest absolute Gasteiger partial charge is 0.288 e. The minimum Gasteiger partial charge on any atom is -0.288 e. The maximum absolute atomic E-state index is 13.0. The fourth-order valence-electron chi connectivity index (χ4n) is 4.33. The Kier molecular flexibility index (Phi) is 4.37. The lowest BCUT2D eigenvalue weighted by atomic mass is 10.0. The smallest absolute Gasteiger partial charge is 0.197 e. The lowest BCUT2D eigenvalue weighted by Crippen LogP contribution is -2.00. The van der Waals surface area contributed by atoms with E-state index in [1.165, 1.54) is 0 Å². The lowest BCUT2D eigenvalue weighted by molar-refractivity contribution is 0.0990. The van der Waals surface area contributed by atoms with E-state index in [2.05, 4.69) is 24.3 Å². The third kappa shape index (κ3) is 3.20. The van der Waals surface area contributed by atoms with Crippen molar-refractivity contribution in [3.05, 3.63) is 126 Å². The van der Waals surface area contributed by atoms with Gasteiger partial charge in [0.25, 0.3) is 0 Å². The molecule has 1 aromatic heterocycles. The SMILES string of the molecule is O=C1C(=Cc2cn(-c3ccccc3)nc2-c2ccc3ccccc3c2)C(=O)c2ccccc21. The number of rotatable bonds is 3. The normalized spacial score (nSPS) is 12.9. The fourth-order valence-corrected chi connectivity index (χ4v) is 4.33. The van der Waals surface area contributed by atoms with Gasteiger partial charge in [0.2, 0.25) is 0 Å². The lowest BCUT2D eigenvalue weighted by Gasteiger charge is -2.03. The molecule has 5 aromatic rings. The Morgan fingerprint density at radius 3 is 2.03 bits per heavy atom. The number of nitrogens with zero attached hydrogens (tertiary/aromatic N) is 2. The van der Waals surface area contributed by atoms with Gasteiger partial charge in [-0.2, -0.15) is 5.10 Å². The zero-order valence-corrected chi connectivity index (χ0v) is 17.6. The minimum absolute atomic E-state index is 0.172. The van der Waals surface area contributed by atoms with Crippen LogP contribution in [0.15, 0.2) is 109 Å². The third-order valence-corrected chi connectivity index (χ3v) is 5.99. The van der Waals surface area contributed by atoms with Crippen molar-refractivity contribution < 1.29 is 9.59 Å². The van der Waals surface area contributed by atoms with Gasteiger partial charge in [0, 0.05) is 28.5 Å². The Morgan fingerprint density at radius 2 is 1.30 bits per heavy atom. The van der Waals surface area contributed by atoms with E-state index < -0.39 is 0 Å². The molecule has 0 amide bonds. The average molecular weight is 426 g/mol. The molecule has 0 fully saturated rings. The zero-order chi connectivity index (χ0) is 22.4. The summed E-state index contributed by atoms with van der Waals surface area (Å²) in [6.45, 7) is 0. The van der Waals surface area contributed by atoms with Crippen molar-refractivity contribution in [2.75, 3.05) is 0 Å². The van der Waals surface area contributed by atoms with Gasteiger partial charge in [0.1, 0.15) is 0 Å². The Bertz CT molecular complexity index is 1560. The van der Waals surface area contributed by atoms with Crippen LogP contribution < -0.4 is 0 Å². The van der Waals surface area contributed by atoms with Crippen LogP contribution in [-0.4, -0.2) is 21.3 Å². The van der Waals surface area contributed by atoms with Crippen LogP contribution in [0.1, 0.15) is 26.3 Å². The van der Waals surface area contributed by atoms with Crippen molar-refractivity contribution in [3.63, 3.8) is 0 Å². The van der Waals surface area contributed by atoms with Gasteiger partial charge < -0.3 is 0 Å². The summed E-state index contributed by atoms with van der Waals surface area (Å²) in [5.41, 5.74) is 4.34. The van der Waals surface area contributed by atoms with Crippen molar-refractivity contribution in [1.29, 1.82) is 0 Å². The molecule has 0 spiro atoms. The molecule has 0 saturated carbocycles. The number of benzene rings is 4. The van der Waals surface area contributed by atoms with Gasteiger partial charge >= 0.3 is 0 Å². The number of fused-ring (bicyclic) bond motifs is 2. The number of hydrogen-bond donors (Lipinski definition) is 0. The first kappa shape index (κ1) is 19.1. The van der Waals surface area contributed by atoms with Crippen LogP contribution in [0.25, 0.3) is 33.8 Å². The minimum atomic E-state index is -0.243. The Hall–Kier alpha value is -4.57. The van der Waals surface area contributed by atoms with E-state index in [0.29, 0.717) is 16.8 Å². The molecule has 0 radical (unpaired) electrons. The molecule has 4 nitrogen and oxygen atoms in total. The number of ketones is 2. The fraction of sp³-hybridized carbons (Fsp3) is 0. The summed E-state index contributed by atoms with van der Waals surface area (Å²) in [5.74, 6) is -0.486. The van der Waals surface area contributed by atoms with E-state index in [0.717, 1.165) is 27.6 Å². The molecule has 0 atom stereocenters. The maximum atomic E-state index is 13.0. The second kappa shape index (κ2) is 7.53. The Balaban J connectivity index is 1.54. The van der Waals surface area contributed by atoms with E-state index >= 15 is 0 Å². The maximum Gasteiger partial charge on any atom is 0.197 e. The third-order valence-electron chi connectivity index (χ3n) is 5.99. The number of aromatic nitrogens is 2. The zero-order valence-electron chi connectivity index (χ0n) is 17.6. The monoisotopic (exact) mass is 426 g/mol. The van der Waals surface area contributed by atoms with Crippen LogP contribution in [0.3, 0.4) is 0 Å².